The van der Waals surface area contributed by atoms with Gasteiger partial charge in [-0.3, -0.25) is 4.79 Å². The van der Waals surface area contributed by atoms with Gasteiger partial charge in [0.05, 0.1) is 6.26 Å². The van der Waals surface area contributed by atoms with Crippen molar-refractivity contribution in [3.05, 3.63) is 40.5 Å². The number of hydrogen-bond donors (Lipinski definition) is 2. The lowest BCUT2D eigenvalue weighted by Gasteiger charge is -2.17. The molecule has 2 heterocycles. The number of epoxide rings is 1. The average molecular weight is 222 g/mol. The zero-order valence-electron chi connectivity index (χ0n) is 8.24. The fraction of sp³-hybridized carbons (Fsp3) is 0.364. The largest absolute Gasteiger partial charge is 0.464 e. The van der Waals surface area contributed by atoms with Crippen molar-refractivity contribution >= 4 is 5.57 Å². The van der Waals surface area contributed by atoms with E-state index in [4.69, 9.17) is 9.15 Å². The predicted molar refractivity (Wildman–Crippen MR) is 53.6 cm³/mol. The molecule has 2 aliphatic rings. The lowest BCUT2D eigenvalue weighted by atomic mass is 9.93. The third-order valence-corrected chi connectivity index (χ3v) is 2.86. The Bertz CT molecular complexity index is 503. The third-order valence-electron chi connectivity index (χ3n) is 2.86. The molecule has 0 saturated carbocycles. The molecule has 84 valence electrons. The number of rotatable bonds is 1. The van der Waals surface area contributed by atoms with Crippen LogP contribution in [0.5, 0.6) is 0 Å². The summed E-state index contributed by atoms with van der Waals surface area (Å²) in [4.78, 5) is 11.2. The molecule has 0 radical (unpaired) electrons. The molecule has 1 fully saturated rings. The molecule has 4 atom stereocenters. The fourth-order valence-corrected chi connectivity index (χ4v) is 1.98. The smallest absolute Gasteiger partial charge is 0.185 e. The molecule has 0 bridgehead atoms. The van der Waals surface area contributed by atoms with E-state index in [0.29, 0.717) is 5.57 Å². The van der Waals surface area contributed by atoms with Crippen LogP contribution in [0.25, 0.3) is 5.57 Å². The molecule has 0 amide bonds. The van der Waals surface area contributed by atoms with Crippen molar-refractivity contribution in [2.75, 3.05) is 0 Å². The van der Waals surface area contributed by atoms with Crippen molar-refractivity contribution in [1.29, 1.82) is 0 Å². The molecule has 0 spiro atoms. The Morgan fingerprint density at radius 1 is 1.25 bits per heavy atom. The van der Waals surface area contributed by atoms with Crippen LogP contribution < -0.4 is 5.43 Å². The Hall–Kier alpha value is -1.43. The molecule has 1 saturated heterocycles. The summed E-state index contributed by atoms with van der Waals surface area (Å²) in [6.45, 7) is 0. The first kappa shape index (κ1) is 9.77. The monoisotopic (exact) mass is 222 g/mol. The minimum Gasteiger partial charge on any atom is -0.464 e. The van der Waals surface area contributed by atoms with Crippen LogP contribution in [0.15, 0.2) is 33.7 Å². The molecule has 0 unspecified atom stereocenters. The molecule has 16 heavy (non-hydrogen) atoms. The normalized spacial score (nSPS) is 36.5. The molecule has 1 aliphatic heterocycles. The Morgan fingerprint density at radius 2 is 2.06 bits per heavy atom. The van der Waals surface area contributed by atoms with Gasteiger partial charge in [-0.05, 0) is 6.08 Å². The fourth-order valence-electron chi connectivity index (χ4n) is 1.98. The van der Waals surface area contributed by atoms with Gasteiger partial charge in [0.15, 0.2) is 5.43 Å². The van der Waals surface area contributed by atoms with Crippen LogP contribution in [0, 0.1) is 0 Å². The molecular weight excluding hydrogens is 212 g/mol. The van der Waals surface area contributed by atoms with Crippen LogP contribution in [0.1, 0.15) is 5.76 Å². The molecule has 1 aromatic heterocycles. The van der Waals surface area contributed by atoms with Crippen LogP contribution >= 0.6 is 0 Å². The van der Waals surface area contributed by atoms with Gasteiger partial charge in [0.2, 0.25) is 0 Å². The Kier molecular flexibility index (Phi) is 2.00. The van der Waals surface area contributed by atoms with E-state index in [1.54, 1.807) is 0 Å². The summed E-state index contributed by atoms with van der Waals surface area (Å²) in [6, 6.07) is 2.57. The average Bonchev–Trinajstić information content (AvgIpc) is 3.04. The van der Waals surface area contributed by atoms with Gasteiger partial charge in [0.1, 0.15) is 30.2 Å². The summed E-state index contributed by atoms with van der Waals surface area (Å²) >= 11 is 0. The zero-order chi connectivity index (χ0) is 11.3. The van der Waals surface area contributed by atoms with Crippen LogP contribution in [-0.2, 0) is 4.74 Å². The van der Waals surface area contributed by atoms with Gasteiger partial charge in [-0.1, -0.05) is 0 Å². The van der Waals surface area contributed by atoms with Crippen LogP contribution in [0.3, 0.4) is 0 Å². The second kappa shape index (κ2) is 3.28. The van der Waals surface area contributed by atoms with Crippen LogP contribution in [0.2, 0.25) is 0 Å². The molecular formula is C11H10O5. The van der Waals surface area contributed by atoms with Gasteiger partial charge in [0, 0.05) is 17.7 Å². The van der Waals surface area contributed by atoms with E-state index >= 15 is 0 Å². The summed E-state index contributed by atoms with van der Waals surface area (Å²) < 4.78 is 10.3. The highest BCUT2D eigenvalue weighted by atomic mass is 16.6. The van der Waals surface area contributed by atoms with E-state index in [1.807, 2.05) is 0 Å². The topological polar surface area (TPSA) is 83.2 Å². The van der Waals surface area contributed by atoms with Crippen molar-refractivity contribution in [3.8, 4) is 0 Å². The number of aliphatic hydroxyl groups excluding tert-OH is 2. The van der Waals surface area contributed by atoms with Crippen molar-refractivity contribution in [2.45, 2.75) is 24.4 Å². The standard InChI is InChI=1S/C11H10O5/c12-5-1-2-15-8(3-5)6-4-7(13)10-11(16-10)9(6)14/h1-4,7,9-11,13-14H/t7-,9+,10+,11-/m0/s1. The van der Waals surface area contributed by atoms with Gasteiger partial charge in [-0.25, -0.2) is 0 Å². The molecule has 1 aromatic rings. The lowest BCUT2D eigenvalue weighted by molar-refractivity contribution is 0.177. The number of aliphatic hydroxyl groups is 2. The lowest BCUT2D eigenvalue weighted by Crippen LogP contribution is -2.29. The van der Waals surface area contributed by atoms with Crippen LogP contribution in [-0.4, -0.2) is 34.6 Å². The summed E-state index contributed by atoms with van der Waals surface area (Å²) in [5.41, 5.74) is 0.201. The highest BCUT2D eigenvalue weighted by Gasteiger charge is 2.53. The summed E-state index contributed by atoms with van der Waals surface area (Å²) in [6.07, 6.45) is 0.414. The van der Waals surface area contributed by atoms with E-state index in [1.165, 1.54) is 24.5 Å². The van der Waals surface area contributed by atoms with E-state index in [-0.39, 0.29) is 23.4 Å². The number of fused-ring (bicyclic) bond motifs is 1. The van der Waals surface area contributed by atoms with Crippen molar-refractivity contribution in [2.24, 2.45) is 0 Å². The molecule has 3 rings (SSSR count). The second-order valence-electron chi connectivity index (χ2n) is 3.95. The first-order chi connectivity index (χ1) is 7.66. The van der Waals surface area contributed by atoms with Crippen molar-refractivity contribution < 1.29 is 19.4 Å². The van der Waals surface area contributed by atoms with E-state index in [9.17, 15) is 15.0 Å². The number of hydrogen-bond acceptors (Lipinski definition) is 5. The van der Waals surface area contributed by atoms with Gasteiger partial charge in [0.25, 0.3) is 0 Å². The van der Waals surface area contributed by atoms with E-state index in [2.05, 4.69) is 0 Å². The Balaban J connectivity index is 2.03. The van der Waals surface area contributed by atoms with Gasteiger partial charge >= 0.3 is 0 Å². The summed E-state index contributed by atoms with van der Waals surface area (Å²) in [5, 5.41) is 19.5. The number of ether oxygens (including phenoxy) is 1. The molecule has 2 N–H and O–H groups in total. The maximum Gasteiger partial charge on any atom is 0.185 e. The molecule has 1 aliphatic carbocycles. The highest BCUT2D eigenvalue weighted by Crippen LogP contribution is 2.39. The van der Waals surface area contributed by atoms with E-state index in [0.717, 1.165) is 0 Å². The first-order valence-electron chi connectivity index (χ1n) is 4.99. The Labute approximate surface area is 90.6 Å². The maximum atomic E-state index is 11.2. The summed E-state index contributed by atoms with van der Waals surface area (Å²) in [5.74, 6) is 0.271. The maximum absolute atomic E-state index is 11.2. The molecule has 5 nitrogen and oxygen atoms in total. The molecule has 5 heteroatoms. The van der Waals surface area contributed by atoms with Crippen molar-refractivity contribution in [1.82, 2.24) is 0 Å². The predicted octanol–water partition coefficient (Wildman–Crippen LogP) is -0.474. The quantitative estimate of drug-likeness (QED) is 0.627. The SMILES string of the molecule is O=c1ccoc(C2=C[C@H](O)[C@H]3O[C@H]3[C@@H]2O)c1. The summed E-state index contributed by atoms with van der Waals surface area (Å²) in [7, 11) is 0. The van der Waals surface area contributed by atoms with Gasteiger partial charge < -0.3 is 19.4 Å². The first-order valence-corrected chi connectivity index (χ1v) is 4.99. The Morgan fingerprint density at radius 3 is 2.81 bits per heavy atom. The minimum absolute atomic E-state index is 0.206. The van der Waals surface area contributed by atoms with Crippen LogP contribution in [0.4, 0.5) is 0 Å². The third kappa shape index (κ3) is 1.41. The zero-order valence-corrected chi connectivity index (χ0v) is 8.24. The van der Waals surface area contributed by atoms with Gasteiger partial charge in [-0.2, -0.15) is 0 Å². The molecule has 0 aromatic carbocycles. The second-order valence-corrected chi connectivity index (χ2v) is 3.95. The van der Waals surface area contributed by atoms with Crippen molar-refractivity contribution in [3.63, 3.8) is 0 Å². The van der Waals surface area contributed by atoms with E-state index < -0.39 is 12.2 Å². The van der Waals surface area contributed by atoms with Gasteiger partial charge in [-0.15, -0.1) is 0 Å². The highest BCUT2D eigenvalue weighted by molar-refractivity contribution is 5.68. The minimum atomic E-state index is -0.848.